The summed E-state index contributed by atoms with van der Waals surface area (Å²) >= 11 is 7.69. The summed E-state index contributed by atoms with van der Waals surface area (Å²) in [7, 11) is 0. The largest absolute Gasteiger partial charge is 0.317 e. The minimum Gasteiger partial charge on any atom is -0.317 e. The fraction of sp³-hybridized carbons (Fsp3) is 0.231. The third-order valence-corrected chi connectivity index (χ3v) is 4.25. The van der Waals surface area contributed by atoms with Gasteiger partial charge in [0.2, 0.25) is 0 Å². The molecule has 0 saturated heterocycles. The first-order valence-electron chi connectivity index (χ1n) is 5.11. The highest BCUT2D eigenvalue weighted by molar-refractivity contribution is 7.10. The molecule has 0 spiro atoms. The fourth-order valence-electron chi connectivity index (χ4n) is 1.85. The summed E-state index contributed by atoms with van der Waals surface area (Å²) in [6, 6.07) is 9.84. The summed E-state index contributed by atoms with van der Waals surface area (Å²) in [6.07, 6.45) is 0. The molecule has 0 fully saturated rings. The summed E-state index contributed by atoms with van der Waals surface area (Å²) in [5.74, 6) is 0. The van der Waals surface area contributed by atoms with Gasteiger partial charge in [-0.1, -0.05) is 23.7 Å². The second kappa shape index (κ2) is 4.21. The molecule has 1 heterocycles. The molecule has 1 aromatic carbocycles. The van der Waals surface area contributed by atoms with Crippen molar-refractivity contribution in [3.8, 4) is 0 Å². The van der Waals surface area contributed by atoms with Crippen LogP contribution in [0.1, 0.15) is 22.9 Å². The number of aryl methyl sites for hydroxylation is 1. The molecule has 1 atom stereocenters. The Morgan fingerprint density at radius 3 is 2.62 bits per heavy atom. The SMILES string of the molecule is Cc1ccsc1C(C)(N)c1cccc(Cl)c1. The average molecular weight is 252 g/mol. The van der Waals surface area contributed by atoms with E-state index in [1.807, 2.05) is 31.2 Å². The molecular weight excluding hydrogens is 238 g/mol. The summed E-state index contributed by atoms with van der Waals surface area (Å²) in [5, 5.41) is 2.80. The Kier molecular flexibility index (Phi) is 3.06. The maximum Gasteiger partial charge on any atom is 0.0733 e. The normalized spacial score (nSPS) is 14.8. The highest BCUT2D eigenvalue weighted by Crippen LogP contribution is 2.33. The Morgan fingerprint density at radius 1 is 1.31 bits per heavy atom. The minimum absolute atomic E-state index is 0.469. The Morgan fingerprint density at radius 2 is 2.06 bits per heavy atom. The van der Waals surface area contributed by atoms with Gasteiger partial charge in [-0.2, -0.15) is 0 Å². The van der Waals surface area contributed by atoms with Gasteiger partial charge in [-0.25, -0.2) is 0 Å². The van der Waals surface area contributed by atoms with E-state index in [4.69, 9.17) is 17.3 Å². The maximum absolute atomic E-state index is 6.43. The number of halogens is 1. The topological polar surface area (TPSA) is 26.0 Å². The van der Waals surface area contributed by atoms with Crippen LogP contribution in [0.5, 0.6) is 0 Å². The molecule has 3 heteroatoms. The number of thiophene rings is 1. The van der Waals surface area contributed by atoms with E-state index in [-0.39, 0.29) is 0 Å². The molecule has 1 nitrogen and oxygen atoms in total. The molecule has 0 aliphatic rings. The molecule has 2 rings (SSSR count). The van der Waals surface area contributed by atoms with Crippen LogP contribution >= 0.6 is 22.9 Å². The Balaban J connectivity index is 2.51. The van der Waals surface area contributed by atoms with Crippen molar-refractivity contribution in [3.05, 3.63) is 56.7 Å². The number of rotatable bonds is 2. The first kappa shape index (κ1) is 11.6. The predicted octanol–water partition coefficient (Wildman–Crippen LogP) is 3.93. The van der Waals surface area contributed by atoms with Gasteiger partial charge in [0.1, 0.15) is 0 Å². The molecule has 0 amide bonds. The molecule has 0 radical (unpaired) electrons. The third kappa shape index (κ3) is 2.01. The van der Waals surface area contributed by atoms with Crippen LogP contribution in [0.15, 0.2) is 35.7 Å². The zero-order valence-corrected chi connectivity index (χ0v) is 10.9. The van der Waals surface area contributed by atoms with Crippen LogP contribution in [0.2, 0.25) is 5.02 Å². The standard InChI is InChI=1S/C13H14ClNS/c1-9-6-7-16-12(9)13(2,15)10-4-3-5-11(14)8-10/h3-8H,15H2,1-2H3. The van der Waals surface area contributed by atoms with Gasteiger partial charge in [-0.3, -0.25) is 0 Å². The average Bonchev–Trinajstić information content (AvgIpc) is 2.65. The second-order valence-corrected chi connectivity index (χ2v) is 5.50. The van der Waals surface area contributed by atoms with Crippen LogP contribution in [0.4, 0.5) is 0 Å². The van der Waals surface area contributed by atoms with E-state index in [9.17, 15) is 0 Å². The summed E-state index contributed by atoms with van der Waals surface area (Å²) in [6.45, 7) is 4.11. The molecule has 0 bridgehead atoms. The zero-order chi connectivity index (χ0) is 11.8. The molecule has 0 aliphatic heterocycles. The van der Waals surface area contributed by atoms with Gasteiger partial charge in [0.25, 0.3) is 0 Å². The maximum atomic E-state index is 6.43. The number of hydrogen-bond acceptors (Lipinski definition) is 2. The molecule has 1 aromatic heterocycles. The molecule has 16 heavy (non-hydrogen) atoms. The number of hydrogen-bond donors (Lipinski definition) is 1. The van der Waals surface area contributed by atoms with E-state index in [1.165, 1.54) is 10.4 Å². The van der Waals surface area contributed by atoms with Gasteiger partial charge in [0.15, 0.2) is 0 Å². The van der Waals surface area contributed by atoms with E-state index in [0.717, 1.165) is 10.6 Å². The Bertz CT molecular complexity index is 502. The molecule has 2 N–H and O–H groups in total. The van der Waals surface area contributed by atoms with Crippen molar-refractivity contribution in [2.24, 2.45) is 5.73 Å². The van der Waals surface area contributed by atoms with Crippen LogP contribution in [0.3, 0.4) is 0 Å². The molecule has 2 aromatic rings. The Hall–Kier alpha value is -0.830. The van der Waals surface area contributed by atoms with Gasteiger partial charge in [0, 0.05) is 9.90 Å². The fourth-order valence-corrected chi connectivity index (χ4v) is 3.06. The summed E-state index contributed by atoms with van der Waals surface area (Å²) in [5.41, 5.74) is 8.23. The second-order valence-electron chi connectivity index (χ2n) is 4.15. The van der Waals surface area contributed by atoms with Crippen molar-refractivity contribution in [3.63, 3.8) is 0 Å². The molecule has 0 aliphatic carbocycles. The van der Waals surface area contributed by atoms with Crippen molar-refractivity contribution in [2.45, 2.75) is 19.4 Å². The lowest BCUT2D eigenvalue weighted by atomic mass is 9.90. The van der Waals surface area contributed by atoms with E-state index in [0.29, 0.717) is 0 Å². The van der Waals surface area contributed by atoms with Crippen LogP contribution in [-0.4, -0.2) is 0 Å². The quantitative estimate of drug-likeness (QED) is 0.860. The van der Waals surface area contributed by atoms with E-state index < -0.39 is 5.54 Å². The van der Waals surface area contributed by atoms with E-state index in [2.05, 4.69) is 18.4 Å². The number of nitrogens with two attached hydrogens (primary N) is 1. The van der Waals surface area contributed by atoms with Crippen molar-refractivity contribution >= 4 is 22.9 Å². The molecular formula is C13H14ClNS. The van der Waals surface area contributed by atoms with Crippen LogP contribution in [0, 0.1) is 6.92 Å². The highest BCUT2D eigenvalue weighted by atomic mass is 35.5. The molecule has 1 unspecified atom stereocenters. The van der Waals surface area contributed by atoms with E-state index in [1.54, 1.807) is 11.3 Å². The van der Waals surface area contributed by atoms with Crippen LogP contribution < -0.4 is 5.73 Å². The third-order valence-electron chi connectivity index (χ3n) is 2.76. The Labute approximate surface area is 105 Å². The lowest BCUT2D eigenvalue weighted by molar-refractivity contribution is 0.613. The molecule has 84 valence electrons. The van der Waals surface area contributed by atoms with Crippen molar-refractivity contribution in [1.82, 2.24) is 0 Å². The smallest absolute Gasteiger partial charge is 0.0733 e. The highest BCUT2D eigenvalue weighted by Gasteiger charge is 2.26. The van der Waals surface area contributed by atoms with E-state index >= 15 is 0 Å². The predicted molar refractivity (Wildman–Crippen MR) is 71.1 cm³/mol. The van der Waals surface area contributed by atoms with Gasteiger partial charge >= 0.3 is 0 Å². The minimum atomic E-state index is -0.469. The van der Waals surface area contributed by atoms with Crippen LogP contribution in [-0.2, 0) is 5.54 Å². The van der Waals surface area contributed by atoms with Gasteiger partial charge in [-0.15, -0.1) is 11.3 Å². The zero-order valence-electron chi connectivity index (χ0n) is 9.33. The van der Waals surface area contributed by atoms with Gasteiger partial charge in [-0.05, 0) is 48.6 Å². The van der Waals surface area contributed by atoms with Crippen molar-refractivity contribution in [2.75, 3.05) is 0 Å². The lowest BCUT2D eigenvalue weighted by Crippen LogP contribution is -2.33. The first-order valence-corrected chi connectivity index (χ1v) is 6.37. The van der Waals surface area contributed by atoms with Gasteiger partial charge < -0.3 is 5.73 Å². The lowest BCUT2D eigenvalue weighted by Gasteiger charge is -2.25. The summed E-state index contributed by atoms with van der Waals surface area (Å²) < 4.78 is 0. The summed E-state index contributed by atoms with van der Waals surface area (Å²) in [4.78, 5) is 1.19. The van der Waals surface area contributed by atoms with Crippen LogP contribution in [0.25, 0.3) is 0 Å². The van der Waals surface area contributed by atoms with Crippen molar-refractivity contribution < 1.29 is 0 Å². The first-order chi connectivity index (χ1) is 7.51. The molecule has 0 saturated carbocycles. The van der Waals surface area contributed by atoms with Gasteiger partial charge in [0.05, 0.1) is 5.54 Å². The monoisotopic (exact) mass is 251 g/mol. The number of benzene rings is 1. The van der Waals surface area contributed by atoms with Crippen molar-refractivity contribution in [1.29, 1.82) is 0 Å².